The molecule has 3 nitrogen and oxygen atoms in total. The summed E-state index contributed by atoms with van der Waals surface area (Å²) in [5, 5.41) is 0. The molecule has 180 valence electrons. The van der Waals surface area contributed by atoms with Gasteiger partial charge in [-0.15, -0.1) is 0 Å². The molecule has 0 amide bonds. The summed E-state index contributed by atoms with van der Waals surface area (Å²) in [6.45, 7) is 5.66. The molecule has 0 bridgehead atoms. The minimum Gasteiger partial charge on any atom is -0.378 e. The van der Waals surface area contributed by atoms with E-state index >= 15 is 0 Å². The first-order chi connectivity index (χ1) is 16.4. The van der Waals surface area contributed by atoms with Crippen LogP contribution in [0, 0.1) is 17.3 Å². The van der Waals surface area contributed by atoms with Crippen molar-refractivity contribution in [3.05, 3.63) is 64.3 Å². The van der Waals surface area contributed by atoms with Crippen molar-refractivity contribution in [2.24, 2.45) is 17.3 Å². The maximum absolute atomic E-state index is 12.3. The van der Waals surface area contributed by atoms with Crippen LogP contribution in [0.1, 0.15) is 76.7 Å². The summed E-state index contributed by atoms with van der Waals surface area (Å²) < 4.78 is 6.77. The van der Waals surface area contributed by atoms with Crippen LogP contribution in [0.15, 0.2) is 58.7 Å². The summed E-state index contributed by atoms with van der Waals surface area (Å²) in [7, 11) is 4.22. The number of rotatable bonds is 2. The van der Waals surface area contributed by atoms with Crippen LogP contribution in [0.3, 0.4) is 0 Å². The smallest absolute Gasteiger partial charge is 0.156 e. The first-order valence-corrected chi connectivity index (χ1v) is 13.4. The predicted molar refractivity (Wildman–Crippen MR) is 138 cm³/mol. The van der Waals surface area contributed by atoms with Crippen LogP contribution in [0.4, 0.5) is 5.69 Å². The zero-order chi connectivity index (χ0) is 23.7. The number of carbonyl (C=O) groups is 1. The van der Waals surface area contributed by atoms with Gasteiger partial charge in [-0.25, -0.2) is 0 Å². The van der Waals surface area contributed by atoms with Crippen molar-refractivity contribution in [1.29, 1.82) is 0 Å². The highest BCUT2D eigenvalue weighted by atomic mass is 16.5. The van der Waals surface area contributed by atoms with Crippen LogP contribution >= 0.6 is 0 Å². The molecule has 1 aliphatic heterocycles. The molecule has 1 aromatic carbocycles. The molecule has 5 aliphatic rings. The van der Waals surface area contributed by atoms with Crippen molar-refractivity contribution in [2.75, 3.05) is 25.6 Å². The molecular weight excluding hydrogens is 418 g/mol. The van der Waals surface area contributed by atoms with Crippen molar-refractivity contribution in [2.45, 2.75) is 76.7 Å². The Labute approximate surface area is 204 Å². The van der Waals surface area contributed by atoms with Crippen molar-refractivity contribution < 1.29 is 9.53 Å². The largest absolute Gasteiger partial charge is 0.378 e. The van der Waals surface area contributed by atoms with E-state index in [-0.39, 0.29) is 11.0 Å². The number of carbonyl (C=O) groups excluding carboxylic acids is 1. The van der Waals surface area contributed by atoms with Crippen molar-refractivity contribution in [3.63, 3.8) is 0 Å². The SMILES string of the molecule is C/C=C1\CCO[C@]12CC[C@H]1[C@@H]3CCC4=CC(=O)CCC4=C3[C@@H](c3ccc(N(C)C)cc3)C[C@@]12C. The molecule has 5 atom stereocenters. The molecule has 34 heavy (non-hydrogen) atoms. The monoisotopic (exact) mass is 457 g/mol. The van der Waals surface area contributed by atoms with Gasteiger partial charge in [0.25, 0.3) is 0 Å². The van der Waals surface area contributed by atoms with Gasteiger partial charge in [-0.2, -0.15) is 0 Å². The van der Waals surface area contributed by atoms with Crippen LogP contribution < -0.4 is 4.90 Å². The minimum atomic E-state index is -0.0803. The highest BCUT2D eigenvalue weighted by Gasteiger charge is 2.66. The van der Waals surface area contributed by atoms with Gasteiger partial charge in [0, 0.05) is 37.5 Å². The van der Waals surface area contributed by atoms with Crippen LogP contribution in [-0.2, 0) is 9.53 Å². The second-order valence-corrected chi connectivity index (χ2v) is 11.8. The van der Waals surface area contributed by atoms with E-state index in [1.165, 1.54) is 36.1 Å². The lowest BCUT2D eigenvalue weighted by Crippen LogP contribution is -2.52. The Morgan fingerprint density at radius 1 is 1.06 bits per heavy atom. The minimum absolute atomic E-state index is 0.0803. The first kappa shape index (κ1) is 22.3. The molecule has 1 saturated heterocycles. The molecule has 4 aliphatic carbocycles. The molecule has 6 rings (SSSR count). The molecular formula is C31H39NO2. The molecule has 0 aromatic heterocycles. The van der Waals surface area contributed by atoms with Gasteiger partial charge < -0.3 is 9.64 Å². The number of ether oxygens (including phenoxy) is 1. The molecule has 1 spiro atoms. The number of ketones is 1. The zero-order valence-electron chi connectivity index (χ0n) is 21.3. The Morgan fingerprint density at radius 3 is 2.59 bits per heavy atom. The molecule has 3 fully saturated rings. The van der Waals surface area contributed by atoms with Gasteiger partial charge in [-0.1, -0.05) is 30.7 Å². The number of benzene rings is 1. The molecule has 1 heterocycles. The Morgan fingerprint density at radius 2 is 1.85 bits per heavy atom. The third-order valence-corrected chi connectivity index (χ3v) is 10.3. The summed E-state index contributed by atoms with van der Waals surface area (Å²) in [6, 6.07) is 9.30. The van der Waals surface area contributed by atoms with Gasteiger partial charge in [0.2, 0.25) is 0 Å². The summed E-state index contributed by atoms with van der Waals surface area (Å²) in [5.41, 5.74) is 8.88. The van der Waals surface area contributed by atoms with Gasteiger partial charge in [0.1, 0.15) is 0 Å². The zero-order valence-corrected chi connectivity index (χ0v) is 21.3. The third-order valence-electron chi connectivity index (χ3n) is 10.3. The number of anilines is 1. The summed E-state index contributed by atoms with van der Waals surface area (Å²) in [4.78, 5) is 14.5. The molecule has 0 N–H and O–H groups in total. The van der Waals surface area contributed by atoms with E-state index < -0.39 is 0 Å². The standard InChI is InChI=1S/C31H39NO2/c1-5-22-15-17-34-31(22)16-14-28-26-12-8-21-18-24(33)11-13-25(21)29(26)27(19-30(28,31)2)20-6-9-23(10-7-20)32(3)4/h5-7,9-10,18,26-28H,8,11-17,19H2,1-4H3/b22-5+/t26-,27+,28-,30-,31+/m0/s1. The number of allylic oxidation sites excluding steroid dienone is 5. The van der Waals surface area contributed by atoms with Gasteiger partial charge >= 0.3 is 0 Å². The van der Waals surface area contributed by atoms with Gasteiger partial charge in [-0.05, 0) is 104 Å². The van der Waals surface area contributed by atoms with E-state index in [1.807, 2.05) is 6.08 Å². The van der Waals surface area contributed by atoms with Gasteiger partial charge in [0.15, 0.2) is 5.78 Å². The molecule has 0 unspecified atom stereocenters. The lowest BCUT2D eigenvalue weighted by Gasteiger charge is -2.55. The fourth-order valence-corrected chi connectivity index (χ4v) is 8.72. The van der Waals surface area contributed by atoms with E-state index in [2.05, 4.69) is 63.2 Å². The highest BCUT2D eigenvalue weighted by Crippen LogP contribution is 2.70. The summed E-state index contributed by atoms with van der Waals surface area (Å²) in [5.74, 6) is 2.01. The lowest BCUT2D eigenvalue weighted by atomic mass is 9.50. The maximum Gasteiger partial charge on any atom is 0.156 e. The molecule has 1 aromatic rings. The van der Waals surface area contributed by atoms with E-state index in [4.69, 9.17) is 4.74 Å². The number of hydrogen-bond acceptors (Lipinski definition) is 3. The van der Waals surface area contributed by atoms with E-state index in [0.717, 1.165) is 32.3 Å². The van der Waals surface area contributed by atoms with Crippen LogP contribution in [-0.4, -0.2) is 32.1 Å². The van der Waals surface area contributed by atoms with Crippen molar-refractivity contribution in [1.82, 2.24) is 0 Å². The van der Waals surface area contributed by atoms with Gasteiger partial charge in [-0.3, -0.25) is 4.79 Å². The summed E-state index contributed by atoms with van der Waals surface area (Å²) >= 11 is 0. The van der Waals surface area contributed by atoms with E-state index in [0.29, 0.717) is 30.0 Å². The van der Waals surface area contributed by atoms with E-state index in [1.54, 1.807) is 16.7 Å². The Kier molecular flexibility index (Phi) is 5.22. The Bertz CT molecular complexity index is 1110. The lowest BCUT2D eigenvalue weighted by molar-refractivity contribution is -0.114. The molecule has 0 radical (unpaired) electrons. The maximum atomic E-state index is 12.3. The van der Waals surface area contributed by atoms with Gasteiger partial charge in [0.05, 0.1) is 12.2 Å². The average Bonchev–Trinajstić information content (AvgIpc) is 3.39. The quantitative estimate of drug-likeness (QED) is 0.460. The normalized spacial score (nSPS) is 38.1. The topological polar surface area (TPSA) is 29.5 Å². The van der Waals surface area contributed by atoms with Crippen LogP contribution in [0.25, 0.3) is 0 Å². The Hall–Kier alpha value is -2.13. The summed E-state index contributed by atoms with van der Waals surface area (Å²) in [6.07, 6.45) is 12.9. The molecule has 2 saturated carbocycles. The highest BCUT2D eigenvalue weighted by molar-refractivity contribution is 5.93. The predicted octanol–water partition coefficient (Wildman–Crippen LogP) is 6.76. The second kappa shape index (κ2) is 7.95. The third kappa shape index (κ3) is 3.02. The first-order valence-electron chi connectivity index (χ1n) is 13.4. The second-order valence-electron chi connectivity index (χ2n) is 11.8. The number of hydrogen-bond donors (Lipinski definition) is 0. The van der Waals surface area contributed by atoms with E-state index in [9.17, 15) is 4.79 Å². The van der Waals surface area contributed by atoms with Crippen LogP contribution in [0.5, 0.6) is 0 Å². The molecule has 3 heteroatoms. The number of nitrogens with zero attached hydrogens (tertiary/aromatic N) is 1. The average molecular weight is 458 g/mol. The Balaban J connectivity index is 1.51. The van der Waals surface area contributed by atoms with Crippen LogP contribution in [0.2, 0.25) is 0 Å². The fourth-order valence-electron chi connectivity index (χ4n) is 8.72. The number of fused-ring (bicyclic) bond motifs is 5. The fraction of sp³-hybridized carbons (Fsp3) is 0.581. The van der Waals surface area contributed by atoms with Crippen molar-refractivity contribution >= 4 is 11.5 Å². The van der Waals surface area contributed by atoms with Crippen molar-refractivity contribution in [3.8, 4) is 0 Å².